The van der Waals surface area contributed by atoms with Crippen molar-refractivity contribution in [1.29, 1.82) is 0 Å². The average Bonchev–Trinajstić information content (AvgIpc) is 2.69. The van der Waals surface area contributed by atoms with E-state index in [-0.39, 0.29) is 0 Å². The number of rotatable bonds is 21. The summed E-state index contributed by atoms with van der Waals surface area (Å²) < 4.78 is 0. The minimum Gasteiger partial charge on any atom is -0.390 e. The van der Waals surface area contributed by atoms with Gasteiger partial charge in [0.1, 0.15) is 5.60 Å². The Labute approximate surface area is 176 Å². The lowest BCUT2D eigenvalue weighted by Gasteiger charge is -2.37. The van der Waals surface area contributed by atoms with E-state index in [2.05, 4.69) is 20.8 Å². The molecule has 0 amide bonds. The Hall–Kier alpha value is -0.120. The van der Waals surface area contributed by atoms with Crippen molar-refractivity contribution in [2.75, 3.05) is 0 Å². The zero-order valence-electron chi connectivity index (χ0n) is 19.4. The van der Waals surface area contributed by atoms with Gasteiger partial charge in [-0.3, -0.25) is 0 Å². The van der Waals surface area contributed by atoms with Crippen molar-refractivity contribution in [2.24, 2.45) is 0 Å². The van der Waals surface area contributed by atoms with E-state index >= 15 is 0 Å². The fourth-order valence-electron chi connectivity index (χ4n) is 4.13. The predicted molar refractivity (Wildman–Crippen MR) is 122 cm³/mol. The van der Waals surface area contributed by atoms with Crippen LogP contribution in [0.15, 0.2) is 0 Å². The third-order valence-corrected chi connectivity index (χ3v) is 6.25. The Balaban J connectivity index is 4.42. The first kappa shape index (κ1) is 27.9. The Morgan fingerprint density at radius 2 is 0.821 bits per heavy atom. The molecule has 0 bridgehead atoms. The van der Waals surface area contributed by atoms with E-state index in [1.54, 1.807) is 0 Å². The monoisotopic (exact) mass is 400 g/mol. The third kappa shape index (κ3) is 13.2. The SMILES string of the molecule is CCCCCCCCCC(O)C(O)(CCCCCC)C(O)CCCCCCC. The van der Waals surface area contributed by atoms with E-state index in [1.807, 2.05) is 0 Å². The summed E-state index contributed by atoms with van der Waals surface area (Å²) in [7, 11) is 0. The minimum atomic E-state index is -1.33. The molecule has 3 nitrogen and oxygen atoms in total. The van der Waals surface area contributed by atoms with Gasteiger partial charge in [-0.05, 0) is 19.3 Å². The fourth-order valence-corrected chi connectivity index (χ4v) is 4.13. The highest BCUT2D eigenvalue weighted by atomic mass is 16.4. The van der Waals surface area contributed by atoms with Gasteiger partial charge >= 0.3 is 0 Å². The molecule has 3 N–H and O–H groups in total. The fraction of sp³-hybridized carbons (Fsp3) is 1.00. The van der Waals surface area contributed by atoms with Crippen LogP contribution in [-0.4, -0.2) is 33.1 Å². The second-order valence-corrected chi connectivity index (χ2v) is 8.95. The topological polar surface area (TPSA) is 60.7 Å². The lowest BCUT2D eigenvalue weighted by molar-refractivity contribution is -0.156. The molecule has 0 aromatic heterocycles. The third-order valence-electron chi connectivity index (χ3n) is 6.25. The summed E-state index contributed by atoms with van der Waals surface area (Å²) in [5.74, 6) is 0. The smallest absolute Gasteiger partial charge is 0.116 e. The summed E-state index contributed by atoms with van der Waals surface area (Å²) in [6, 6.07) is 0. The van der Waals surface area contributed by atoms with Crippen molar-refractivity contribution >= 4 is 0 Å². The molecule has 0 spiro atoms. The summed E-state index contributed by atoms with van der Waals surface area (Å²) in [5.41, 5.74) is -1.33. The molecule has 0 aliphatic carbocycles. The molecular weight excluding hydrogens is 348 g/mol. The molecule has 170 valence electrons. The molecule has 0 aliphatic rings. The molecule has 3 atom stereocenters. The first-order valence-electron chi connectivity index (χ1n) is 12.6. The van der Waals surface area contributed by atoms with E-state index in [0.717, 1.165) is 51.4 Å². The molecule has 0 rings (SSSR count). The molecular formula is C25H52O3. The minimum absolute atomic E-state index is 0.515. The van der Waals surface area contributed by atoms with Crippen molar-refractivity contribution < 1.29 is 15.3 Å². The van der Waals surface area contributed by atoms with E-state index < -0.39 is 17.8 Å². The maximum atomic E-state index is 11.2. The predicted octanol–water partition coefficient (Wildman–Crippen LogP) is 6.91. The van der Waals surface area contributed by atoms with Crippen molar-refractivity contribution in [1.82, 2.24) is 0 Å². The van der Waals surface area contributed by atoms with Crippen molar-refractivity contribution in [3.63, 3.8) is 0 Å². The number of hydrogen-bond acceptors (Lipinski definition) is 3. The van der Waals surface area contributed by atoms with Crippen molar-refractivity contribution in [3.8, 4) is 0 Å². The Morgan fingerprint density at radius 1 is 0.500 bits per heavy atom. The van der Waals surface area contributed by atoms with Crippen LogP contribution in [0.5, 0.6) is 0 Å². The molecule has 0 aromatic rings. The Morgan fingerprint density at radius 3 is 1.21 bits per heavy atom. The van der Waals surface area contributed by atoms with Gasteiger partial charge in [0, 0.05) is 0 Å². The van der Waals surface area contributed by atoms with E-state index in [4.69, 9.17) is 0 Å². The average molecular weight is 401 g/mol. The first-order chi connectivity index (χ1) is 13.5. The molecule has 0 heterocycles. The quantitative estimate of drug-likeness (QED) is 0.183. The summed E-state index contributed by atoms with van der Waals surface area (Å²) in [6.07, 6.45) is 18.4. The van der Waals surface area contributed by atoms with Crippen LogP contribution in [-0.2, 0) is 0 Å². The Bertz CT molecular complexity index is 321. The Kier molecular flexibility index (Phi) is 18.8. The van der Waals surface area contributed by atoms with E-state index in [9.17, 15) is 15.3 Å². The number of hydrogen-bond donors (Lipinski definition) is 3. The van der Waals surface area contributed by atoms with Crippen LogP contribution in [0.2, 0.25) is 0 Å². The summed E-state index contributed by atoms with van der Waals surface area (Å²) in [4.78, 5) is 0. The van der Waals surface area contributed by atoms with Crippen LogP contribution in [0.4, 0.5) is 0 Å². The van der Waals surface area contributed by atoms with Crippen LogP contribution in [0, 0.1) is 0 Å². The lowest BCUT2D eigenvalue weighted by Crippen LogP contribution is -2.52. The summed E-state index contributed by atoms with van der Waals surface area (Å²) >= 11 is 0. The largest absolute Gasteiger partial charge is 0.390 e. The highest BCUT2D eigenvalue weighted by molar-refractivity contribution is 4.93. The van der Waals surface area contributed by atoms with Gasteiger partial charge in [0.2, 0.25) is 0 Å². The standard InChI is InChI=1S/C25H52O3/c1-4-7-10-13-14-16-18-21-24(27)25(28,22-19-12-9-6-3)23(26)20-17-15-11-8-5-2/h23-24,26-28H,4-22H2,1-3H3. The maximum Gasteiger partial charge on any atom is 0.116 e. The van der Waals surface area contributed by atoms with Gasteiger partial charge in [0.15, 0.2) is 0 Å². The number of aliphatic hydroxyl groups is 3. The van der Waals surface area contributed by atoms with Crippen LogP contribution in [0.1, 0.15) is 143 Å². The maximum absolute atomic E-state index is 11.2. The molecule has 0 saturated carbocycles. The van der Waals surface area contributed by atoms with E-state index in [1.165, 1.54) is 51.4 Å². The zero-order chi connectivity index (χ0) is 21.1. The zero-order valence-corrected chi connectivity index (χ0v) is 19.4. The van der Waals surface area contributed by atoms with Gasteiger partial charge < -0.3 is 15.3 Å². The molecule has 0 aliphatic heterocycles. The van der Waals surface area contributed by atoms with Gasteiger partial charge in [0.05, 0.1) is 12.2 Å². The molecule has 0 fully saturated rings. The number of unbranched alkanes of at least 4 members (excludes halogenated alkanes) is 13. The first-order valence-corrected chi connectivity index (χ1v) is 12.6. The second kappa shape index (κ2) is 18.9. The highest BCUT2D eigenvalue weighted by Crippen LogP contribution is 2.30. The van der Waals surface area contributed by atoms with Gasteiger partial charge in [-0.25, -0.2) is 0 Å². The molecule has 3 unspecified atom stereocenters. The molecule has 28 heavy (non-hydrogen) atoms. The lowest BCUT2D eigenvalue weighted by atomic mass is 9.80. The molecule has 3 heteroatoms. The normalized spacial score (nSPS) is 16.1. The van der Waals surface area contributed by atoms with Gasteiger partial charge in [0.25, 0.3) is 0 Å². The van der Waals surface area contributed by atoms with Crippen molar-refractivity contribution in [2.45, 2.75) is 161 Å². The van der Waals surface area contributed by atoms with Crippen LogP contribution >= 0.6 is 0 Å². The van der Waals surface area contributed by atoms with Crippen LogP contribution in [0.3, 0.4) is 0 Å². The molecule has 0 radical (unpaired) electrons. The van der Waals surface area contributed by atoms with Crippen LogP contribution < -0.4 is 0 Å². The van der Waals surface area contributed by atoms with Gasteiger partial charge in [-0.1, -0.05) is 124 Å². The van der Waals surface area contributed by atoms with Gasteiger partial charge in [-0.2, -0.15) is 0 Å². The number of aliphatic hydroxyl groups excluding tert-OH is 2. The van der Waals surface area contributed by atoms with E-state index in [0.29, 0.717) is 19.3 Å². The second-order valence-electron chi connectivity index (χ2n) is 8.95. The van der Waals surface area contributed by atoms with Gasteiger partial charge in [-0.15, -0.1) is 0 Å². The molecule has 0 aromatic carbocycles. The summed E-state index contributed by atoms with van der Waals surface area (Å²) in [6.45, 7) is 6.60. The van der Waals surface area contributed by atoms with Crippen LogP contribution in [0.25, 0.3) is 0 Å². The summed E-state index contributed by atoms with van der Waals surface area (Å²) in [5, 5.41) is 32.7. The van der Waals surface area contributed by atoms with Crippen molar-refractivity contribution in [3.05, 3.63) is 0 Å². The molecule has 0 saturated heterocycles. The highest BCUT2D eigenvalue weighted by Gasteiger charge is 2.41.